The number of rotatable bonds is 3. The lowest BCUT2D eigenvalue weighted by Gasteiger charge is -2.28. The van der Waals surface area contributed by atoms with Crippen LogP contribution in [0.15, 0.2) is 17.4 Å². The molecule has 45 heavy (non-hydrogen) atoms. The Kier molecular flexibility index (Phi) is 8.25. The smallest absolute Gasteiger partial charge is 0.382 e. The highest BCUT2D eigenvalue weighted by Crippen LogP contribution is 2.58. The molecule has 24 heteroatoms. The van der Waals surface area contributed by atoms with Gasteiger partial charge in [-0.25, -0.2) is 19.5 Å². The lowest BCUT2D eigenvalue weighted by molar-refractivity contribution is -0.0555. The maximum absolute atomic E-state index is 13.5. The summed E-state index contributed by atoms with van der Waals surface area (Å²) in [6, 6.07) is 0. The fraction of sp³-hybridized carbons (Fsp3) is 0.524. The van der Waals surface area contributed by atoms with Gasteiger partial charge in [0.05, 0.1) is 36.6 Å². The molecule has 0 saturated carbocycles. The Hall–Kier alpha value is -2.17. The Bertz CT molecular complexity index is 1930. The van der Waals surface area contributed by atoms with Gasteiger partial charge in [-0.1, -0.05) is 12.2 Å². The predicted octanol–water partition coefficient (Wildman–Crippen LogP) is 1.20. The zero-order valence-electron chi connectivity index (χ0n) is 22.9. The average Bonchev–Trinajstić information content (AvgIpc) is 3.74. The molecule has 0 spiro atoms. The lowest BCUT2D eigenvalue weighted by Crippen LogP contribution is -2.37. The molecule has 0 aliphatic carbocycles. The van der Waals surface area contributed by atoms with Crippen molar-refractivity contribution in [3.63, 3.8) is 0 Å². The zero-order valence-corrected chi connectivity index (χ0v) is 27.3. The number of aromatic nitrogens is 7. The number of nitrogens with one attached hydrogen (secondary N) is 1. The van der Waals surface area contributed by atoms with Crippen molar-refractivity contribution in [2.75, 3.05) is 31.8 Å². The maximum Gasteiger partial charge on any atom is 0.386 e. The van der Waals surface area contributed by atoms with E-state index in [2.05, 4.69) is 41.5 Å². The number of imidazole rings is 1. The van der Waals surface area contributed by atoms with Crippen LogP contribution in [0.25, 0.3) is 22.2 Å². The Morgan fingerprint density at radius 1 is 1.13 bits per heavy atom. The van der Waals surface area contributed by atoms with E-state index in [0.29, 0.717) is 15.9 Å². The molecule has 9 atom stereocenters. The summed E-state index contributed by atoms with van der Waals surface area (Å²) in [5.74, 6) is 0.0544. The number of H-pyrrole nitrogens is 1. The first-order chi connectivity index (χ1) is 21.4. The number of hydrogen-bond donors (Lipinski definition) is 5. The number of nitrogen functional groups attached to an aromatic ring is 2. The van der Waals surface area contributed by atoms with E-state index in [0.717, 1.165) is 11.5 Å². The van der Waals surface area contributed by atoms with Crippen molar-refractivity contribution >= 4 is 83.1 Å². The molecule has 3 aliphatic rings. The van der Waals surface area contributed by atoms with Crippen LogP contribution in [-0.2, 0) is 48.7 Å². The van der Waals surface area contributed by atoms with Crippen LogP contribution in [0.4, 0.5) is 11.8 Å². The largest absolute Gasteiger partial charge is 0.386 e. The minimum absolute atomic E-state index is 0.0237. The second-order valence-electron chi connectivity index (χ2n) is 10.2. The summed E-state index contributed by atoms with van der Waals surface area (Å²) in [5, 5.41) is 0. The van der Waals surface area contributed by atoms with E-state index in [1.54, 1.807) is 0 Å². The molecular weight excluding hydrogens is 696 g/mol. The Morgan fingerprint density at radius 3 is 2.73 bits per heavy atom. The molecule has 19 nitrogen and oxygen atoms in total. The fourth-order valence-electron chi connectivity index (χ4n) is 5.47. The van der Waals surface area contributed by atoms with Crippen molar-refractivity contribution in [2.45, 2.75) is 49.3 Å². The van der Waals surface area contributed by atoms with E-state index in [-0.39, 0.29) is 42.6 Å². The third kappa shape index (κ3) is 5.93. The molecular formula is C21H25N9O10P2S3. The number of anilines is 2. The molecule has 6 N–H and O–H groups in total. The minimum Gasteiger partial charge on any atom is -0.382 e. The maximum atomic E-state index is 13.5. The molecule has 3 aliphatic heterocycles. The van der Waals surface area contributed by atoms with Crippen LogP contribution in [-0.4, -0.2) is 89.6 Å². The fourth-order valence-corrected chi connectivity index (χ4v) is 9.28. The second-order valence-corrected chi connectivity index (χ2v) is 16.7. The minimum atomic E-state index is -4.06. The van der Waals surface area contributed by atoms with Crippen LogP contribution in [0, 0.1) is 0 Å². The number of fused-ring (bicyclic) bond motifs is 5. The number of methoxy groups -OCH3 is 1. The highest BCUT2D eigenvalue weighted by molar-refractivity contribution is 8.44. The normalized spacial score (nSPS) is 36.0. The quantitative estimate of drug-likeness (QED) is 0.147. The average molecular weight is 722 g/mol. The van der Waals surface area contributed by atoms with E-state index >= 15 is 0 Å². The van der Waals surface area contributed by atoms with E-state index < -0.39 is 61.9 Å². The first-order valence-corrected chi connectivity index (χ1v) is 19.2. The SMILES string of the molecule is CO[C@H]1[C@H]2OP(O)(=S)OC[C@H]3O[C@@H](c4snc5c(N)ncnc45)C[C@@H]3OP(=O)(S)OC[C@H]1O[C@H]2n1cnc2c(=O)[nH]c(N)nc21. The van der Waals surface area contributed by atoms with Gasteiger partial charge in [0, 0.05) is 13.5 Å². The van der Waals surface area contributed by atoms with Crippen LogP contribution >= 0.6 is 37.3 Å². The summed E-state index contributed by atoms with van der Waals surface area (Å²) in [7, 11) is 1.38. The Morgan fingerprint density at radius 2 is 1.93 bits per heavy atom. The summed E-state index contributed by atoms with van der Waals surface area (Å²) in [6.07, 6.45) is -3.78. The summed E-state index contributed by atoms with van der Waals surface area (Å²) in [4.78, 5) is 43.2. The van der Waals surface area contributed by atoms with Gasteiger partial charge in [-0.05, 0) is 23.3 Å². The molecule has 4 aromatic rings. The highest BCUT2D eigenvalue weighted by atomic mass is 32.7. The number of nitrogens with zero attached hydrogens (tertiary/aromatic N) is 6. The van der Waals surface area contributed by atoms with E-state index in [9.17, 15) is 14.3 Å². The number of thiol groups is 1. The number of ether oxygens (including phenoxy) is 3. The third-order valence-electron chi connectivity index (χ3n) is 7.42. The van der Waals surface area contributed by atoms with Crippen LogP contribution < -0.4 is 17.0 Å². The van der Waals surface area contributed by atoms with E-state index in [1.165, 1.54) is 24.3 Å². The van der Waals surface area contributed by atoms with Crippen molar-refractivity contribution < 1.29 is 41.8 Å². The van der Waals surface area contributed by atoms with E-state index in [1.807, 2.05) is 0 Å². The molecule has 7 heterocycles. The molecule has 0 aromatic carbocycles. The van der Waals surface area contributed by atoms with Gasteiger partial charge in [0.2, 0.25) is 5.95 Å². The van der Waals surface area contributed by atoms with Gasteiger partial charge in [0.15, 0.2) is 23.2 Å². The van der Waals surface area contributed by atoms with Crippen molar-refractivity contribution in [3.05, 3.63) is 27.9 Å². The Balaban J connectivity index is 1.20. The number of hydrogen-bond acceptors (Lipinski definition) is 18. The first-order valence-electron chi connectivity index (χ1n) is 13.2. The zero-order chi connectivity index (χ0) is 31.7. The Labute approximate surface area is 267 Å². The molecule has 0 amide bonds. The second kappa shape index (κ2) is 11.8. The van der Waals surface area contributed by atoms with Crippen LogP contribution in [0.1, 0.15) is 23.6 Å². The van der Waals surface area contributed by atoms with Gasteiger partial charge >= 0.3 is 13.5 Å². The van der Waals surface area contributed by atoms with Gasteiger partial charge < -0.3 is 35.1 Å². The molecule has 7 rings (SSSR count). The van der Waals surface area contributed by atoms with E-state index in [4.69, 9.17) is 55.6 Å². The third-order valence-corrected chi connectivity index (χ3v) is 11.5. The molecule has 2 unspecified atom stereocenters. The monoisotopic (exact) mass is 721 g/mol. The van der Waals surface area contributed by atoms with Gasteiger partial charge in [0.1, 0.15) is 41.8 Å². The molecule has 242 valence electrons. The lowest BCUT2D eigenvalue weighted by atomic mass is 10.1. The molecule has 3 fully saturated rings. The summed E-state index contributed by atoms with van der Waals surface area (Å²) >= 11 is 10.7. The van der Waals surface area contributed by atoms with Crippen molar-refractivity contribution in [3.8, 4) is 0 Å². The summed E-state index contributed by atoms with van der Waals surface area (Å²) in [5.41, 5.74) is 12.1. The van der Waals surface area contributed by atoms with Gasteiger partial charge in [-0.3, -0.25) is 27.9 Å². The van der Waals surface area contributed by atoms with Crippen molar-refractivity contribution in [1.29, 1.82) is 0 Å². The van der Waals surface area contributed by atoms with Crippen LogP contribution in [0.3, 0.4) is 0 Å². The van der Waals surface area contributed by atoms with Gasteiger partial charge in [0.25, 0.3) is 5.56 Å². The van der Waals surface area contributed by atoms with Gasteiger partial charge in [-0.2, -0.15) is 9.36 Å². The first kappa shape index (κ1) is 31.4. The van der Waals surface area contributed by atoms with Crippen LogP contribution in [0.5, 0.6) is 0 Å². The molecule has 2 bridgehead atoms. The number of aromatic amines is 1. The topological polar surface area (TPSA) is 256 Å². The predicted molar refractivity (Wildman–Crippen MR) is 164 cm³/mol. The van der Waals surface area contributed by atoms with Crippen molar-refractivity contribution in [1.82, 2.24) is 33.9 Å². The molecule has 4 aromatic heterocycles. The molecule has 0 radical (unpaired) electrons. The van der Waals surface area contributed by atoms with Crippen molar-refractivity contribution in [2.24, 2.45) is 0 Å². The highest BCUT2D eigenvalue weighted by Gasteiger charge is 2.51. The summed E-state index contributed by atoms with van der Waals surface area (Å²) in [6.45, 7) is -8.79. The standard InChI is InChI=1S/C21H25N9O10P2S3/c1-34-14-10-4-36-41(32,43)39-7-2-8(16-11-12(29-45-16)17(22)25-5-24-11)37-9(7)3-35-42(33,44)40-15(14)20(38-10)30-6-26-13-18(30)27-21(23)28-19(13)31/h5-10,14-15,20H,2-4H2,1H3,(H,32,43)(H,33,44)(H2,22,24,25)(H3,23,27,28,31)/t7-,8+,9+,10+,14+,15+,20+,41?,42?/m0/s1. The molecule has 3 saturated heterocycles. The van der Waals surface area contributed by atoms with Crippen LogP contribution in [0.2, 0.25) is 0 Å². The van der Waals surface area contributed by atoms with Gasteiger partial charge in [-0.15, -0.1) is 0 Å². The number of nitrogens with two attached hydrogens (primary N) is 2. The summed E-state index contributed by atoms with van der Waals surface area (Å²) < 4.78 is 60.6.